The van der Waals surface area contributed by atoms with Gasteiger partial charge in [-0.1, -0.05) is 12.1 Å². The van der Waals surface area contributed by atoms with Crippen LogP contribution >= 0.6 is 0 Å². The van der Waals surface area contributed by atoms with Crippen LogP contribution in [0.5, 0.6) is 0 Å². The summed E-state index contributed by atoms with van der Waals surface area (Å²) in [5.74, 6) is -0.789. The number of fused-ring (bicyclic) bond motifs is 1. The zero-order chi connectivity index (χ0) is 27.1. The lowest BCUT2D eigenvalue weighted by Crippen LogP contribution is -2.40. The molecule has 3 heterocycles. The number of ketones is 1. The van der Waals surface area contributed by atoms with Crippen LogP contribution in [0.25, 0.3) is 22.1 Å². The Kier molecular flexibility index (Phi) is 6.83. The number of benzene rings is 2. The van der Waals surface area contributed by atoms with E-state index in [4.69, 9.17) is 4.42 Å². The van der Waals surface area contributed by atoms with E-state index >= 15 is 0 Å². The van der Waals surface area contributed by atoms with Gasteiger partial charge in [-0.25, -0.2) is 12.8 Å². The molecule has 0 saturated carbocycles. The van der Waals surface area contributed by atoms with Crippen LogP contribution in [-0.2, 0) is 27.4 Å². The van der Waals surface area contributed by atoms with Crippen molar-refractivity contribution in [3.8, 4) is 11.1 Å². The number of carbonyl (C=O) groups is 1. The highest BCUT2D eigenvalue weighted by molar-refractivity contribution is 7.89. The third-order valence-corrected chi connectivity index (χ3v) is 8.35. The van der Waals surface area contributed by atoms with Gasteiger partial charge in [0.1, 0.15) is 11.4 Å². The number of aryl methyl sites for hydroxylation is 1. The molecule has 1 atom stereocenters. The SMILES string of the molecule is O=C(CCc1cc(-c2ccc(C(F)(F)F)cc2)ccn1)C1CCCN1S(=O)(=O)c1cc2cc(F)ccc2o1. The van der Waals surface area contributed by atoms with Crippen LogP contribution in [0.15, 0.2) is 76.4 Å². The molecule has 0 radical (unpaired) electrons. The van der Waals surface area contributed by atoms with Gasteiger partial charge in [-0.2, -0.15) is 17.5 Å². The summed E-state index contributed by atoms with van der Waals surface area (Å²) in [5.41, 5.74) is 1.27. The molecular formula is C27H22F4N2O4S. The Balaban J connectivity index is 1.28. The highest BCUT2D eigenvalue weighted by atomic mass is 32.2. The van der Waals surface area contributed by atoms with E-state index in [1.165, 1.54) is 42.6 Å². The van der Waals surface area contributed by atoms with E-state index in [0.717, 1.165) is 16.4 Å². The minimum absolute atomic E-state index is 0.0332. The number of rotatable bonds is 7. The molecule has 1 saturated heterocycles. The molecule has 2 aromatic carbocycles. The molecule has 0 aliphatic carbocycles. The minimum Gasteiger partial charge on any atom is -0.443 e. The normalized spacial score (nSPS) is 16.8. The average molecular weight is 547 g/mol. The van der Waals surface area contributed by atoms with Gasteiger partial charge >= 0.3 is 6.18 Å². The molecule has 38 heavy (non-hydrogen) atoms. The summed E-state index contributed by atoms with van der Waals surface area (Å²) in [6.45, 7) is 0.159. The van der Waals surface area contributed by atoms with Crippen molar-refractivity contribution in [2.75, 3.05) is 6.54 Å². The smallest absolute Gasteiger partial charge is 0.416 e. The third-order valence-electron chi connectivity index (χ3n) is 6.58. The Bertz CT molecular complexity index is 1600. The Morgan fingerprint density at radius 3 is 2.53 bits per heavy atom. The van der Waals surface area contributed by atoms with Crippen LogP contribution in [0.1, 0.15) is 30.5 Å². The summed E-state index contributed by atoms with van der Waals surface area (Å²) in [4.78, 5) is 17.3. The standard InChI is InChI=1S/C27H22F4N2O4S/c28-21-7-10-25-19(14-21)16-26(37-25)38(35,36)33-13-1-2-23(33)24(34)9-8-22-15-18(11-12-32-22)17-3-5-20(6-4-17)27(29,30)31/h3-7,10-12,14-16,23H,1-2,8-9,13H2. The molecule has 0 spiro atoms. The molecule has 0 amide bonds. The van der Waals surface area contributed by atoms with E-state index in [9.17, 15) is 30.8 Å². The summed E-state index contributed by atoms with van der Waals surface area (Å²) in [7, 11) is -4.12. The van der Waals surface area contributed by atoms with Crippen molar-refractivity contribution in [1.29, 1.82) is 0 Å². The summed E-state index contributed by atoms with van der Waals surface area (Å²) in [5, 5.41) is -0.0339. The molecule has 1 fully saturated rings. The van der Waals surface area contributed by atoms with E-state index in [-0.39, 0.29) is 35.8 Å². The number of alkyl halides is 3. The second-order valence-corrected chi connectivity index (χ2v) is 10.9. The molecule has 6 nitrogen and oxygen atoms in total. The van der Waals surface area contributed by atoms with Gasteiger partial charge in [0.15, 0.2) is 5.78 Å². The van der Waals surface area contributed by atoms with Crippen molar-refractivity contribution in [3.63, 3.8) is 0 Å². The predicted molar refractivity (Wildman–Crippen MR) is 131 cm³/mol. The number of hydrogen-bond donors (Lipinski definition) is 0. The zero-order valence-corrected chi connectivity index (χ0v) is 20.7. The average Bonchev–Trinajstić information content (AvgIpc) is 3.55. The second kappa shape index (κ2) is 9.95. The Labute approximate surface area is 215 Å². The number of halogens is 4. The van der Waals surface area contributed by atoms with Gasteiger partial charge in [0.2, 0.25) is 5.09 Å². The number of sulfonamides is 1. The van der Waals surface area contributed by atoms with Gasteiger partial charge in [0.05, 0.1) is 11.6 Å². The van der Waals surface area contributed by atoms with Crippen LogP contribution in [-0.4, -0.2) is 36.1 Å². The quantitative estimate of drug-likeness (QED) is 0.265. The van der Waals surface area contributed by atoms with Crippen LogP contribution in [0.4, 0.5) is 17.6 Å². The van der Waals surface area contributed by atoms with E-state index in [0.29, 0.717) is 35.0 Å². The van der Waals surface area contributed by atoms with E-state index in [2.05, 4.69) is 4.98 Å². The molecule has 1 unspecified atom stereocenters. The Morgan fingerprint density at radius 1 is 1.03 bits per heavy atom. The summed E-state index contributed by atoms with van der Waals surface area (Å²) in [6.07, 6.45) is -1.76. The number of carbonyl (C=O) groups excluding carboxylic acids is 1. The van der Waals surface area contributed by atoms with Gasteiger partial charge in [-0.15, -0.1) is 0 Å². The molecule has 1 aliphatic heterocycles. The second-order valence-electron chi connectivity index (χ2n) is 9.10. The molecule has 0 N–H and O–H groups in total. The van der Waals surface area contributed by atoms with Gasteiger partial charge in [0, 0.05) is 36.3 Å². The van der Waals surface area contributed by atoms with Crippen molar-refractivity contribution in [3.05, 3.63) is 83.9 Å². The lowest BCUT2D eigenvalue weighted by molar-refractivity contribution is -0.137. The fourth-order valence-corrected chi connectivity index (χ4v) is 6.28. The molecular weight excluding hydrogens is 524 g/mol. The lowest BCUT2D eigenvalue weighted by atomic mass is 10.0. The fraction of sp³-hybridized carbons (Fsp3) is 0.259. The topological polar surface area (TPSA) is 80.5 Å². The van der Waals surface area contributed by atoms with Gasteiger partial charge < -0.3 is 4.42 Å². The first-order chi connectivity index (χ1) is 18.0. The van der Waals surface area contributed by atoms with E-state index < -0.39 is 33.6 Å². The molecule has 0 bridgehead atoms. The number of hydrogen-bond acceptors (Lipinski definition) is 5. The molecule has 1 aliphatic rings. The summed E-state index contributed by atoms with van der Waals surface area (Å²) in [6, 6.07) is 12.2. The van der Waals surface area contributed by atoms with Crippen LogP contribution < -0.4 is 0 Å². The third kappa shape index (κ3) is 5.21. The largest absolute Gasteiger partial charge is 0.443 e. The van der Waals surface area contributed by atoms with Crippen molar-refractivity contribution in [2.45, 2.75) is 43.0 Å². The van der Waals surface area contributed by atoms with E-state index in [1.807, 2.05) is 0 Å². The highest BCUT2D eigenvalue weighted by Crippen LogP contribution is 2.32. The monoisotopic (exact) mass is 546 g/mol. The first kappa shape index (κ1) is 26.1. The number of Topliss-reactive ketones (excluding diaryl/α,β-unsaturated/α-hetero) is 1. The summed E-state index contributed by atoms with van der Waals surface area (Å²) < 4.78 is 85.2. The maximum absolute atomic E-state index is 13.5. The minimum atomic E-state index is -4.42. The maximum atomic E-state index is 13.5. The van der Waals surface area contributed by atoms with Crippen LogP contribution in [0.2, 0.25) is 0 Å². The molecule has 2 aromatic heterocycles. The number of nitrogens with zero attached hydrogens (tertiary/aromatic N) is 2. The highest BCUT2D eigenvalue weighted by Gasteiger charge is 2.40. The lowest BCUT2D eigenvalue weighted by Gasteiger charge is -2.21. The number of furan rings is 1. The molecule has 5 rings (SSSR count). The van der Waals surface area contributed by atoms with Crippen molar-refractivity contribution < 1.29 is 35.2 Å². The Hall–Kier alpha value is -3.57. The number of pyridine rings is 1. The Morgan fingerprint density at radius 2 is 1.79 bits per heavy atom. The fourth-order valence-electron chi connectivity index (χ4n) is 4.65. The maximum Gasteiger partial charge on any atom is 0.416 e. The first-order valence-electron chi connectivity index (χ1n) is 11.9. The van der Waals surface area contributed by atoms with Crippen molar-refractivity contribution in [1.82, 2.24) is 9.29 Å². The van der Waals surface area contributed by atoms with Gasteiger partial charge in [-0.3, -0.25) is 9.78 Å². The van der Waals surface area contributed by atoms with Crippen LogP contribution in [0, 0.1) is 5.82 Å². The molecule has 4 aromatic rings. The van der Waals surface area contributed by atoms with E-state index in [1.54, 1.807) is 12.1 Å². The van der Waals surface area contributed by atoms with Gasteiger partial charge in [-0.05, 0) is 72.9 Å². The number of aromatic nitrogens is 1. The van der Waals surface area contributed by atoms with Crippen molar-refractivity contribution in [2.24, 2.45) is 0 Å². The molecule has 11 heteroatoms. The van der Waals surface area contributed by atoms with Crippen molar-refractivity contribution >= 4 is 26.8 Å². The first-order valence-corrected chi connectivity index (χ1v) is 13.3. The molecule has 198 valence electrons. The zero-order valence-electron chi connectivity index (χ0n) is 19.9. The predicted octanol–water partition coefficient (Wildman–Crippen LogP) is 6.01. The summed E-state index contributed by atoms with van der Waals surface area (Å²) >= 11 is 0. The van der Waals surface area contributed by atoms with Gasteiger partial charge in [0.25, 0.3) is 10.0 Å². The van der Waals surface area contributed by atoms with Crippen LogP contribution in [0.3, 0.4) is 0 Å².